The number of hydrogen-bond acceptors (Lipinski definition) is 5. The van der Waals surface area contributed by atoms with Gasteiger partial charge in [-0.2, -0.15) is 4.98 Å². The lowest BCUT2D eigenvalue weighted by atomic mass is 9.74. The van der Waals surface area contributed by atoms with Crippen molar-refractivity contribution in [3.63, 3.8) is 0 Å². The van der Waals surface area contributed by atoms with Crippen LogP contribution in [0.5, 0.6) is 0 Å². The number of hydrogen-bond donors (Lipinski definition) is 2. The van der Waals surface area contributed by atoms with Crippen molar-refractivity contribution in [3.05, 3.63) is 46.9 Å². The fraction of sp³-hybridized carbons (Fsp3) is 0.522. The Labute approximate surface area is 198 Å². The van der Waals surface area contributed by atoms with Gasteiger partial charge < -0.3 is 20.3 Å². The van der Waals surface area contributed by atoms with E-state index in [1.165, 1.54) is 25.0 Å². The molecule has 2 saturated heterocycles. The van der Waals surface area contributed by atoms with Gasteiger partial charge in [-0.25, -0.2) is 9.37 Å². The Bertz CT molecular complexity index is 915. The van der Waals surface area contributed by atoms with E-state index in [1.807, 2.05) is 12.1 Å². The number of aromatic nitrogens is 2. The van der Waals surface area contributed by atoms with Crippen LogP contribution >= 0.6 is 23.8 Å². The molecular formula is C23H29ClFN5OS. The zero-order chi connectivity index (χ0) is 22.4. The summed E-state index contributed by atoms with van der Waals surface area (Å²) in [7, 11) is 0. The van der Waals surface area contributed by atoms with Gasteiger partial charge in [-0.1, -0.05) is 36.6 Å². The standard InChI is InChI=1S/C23H29ClFN5OS/c24-19-15-20(30-11-3-1-2-4-12-30)28-21(27-19)29-22(32)26-16-23(9-13-31-14-10-23)17-5-7-18(25)8-6-17/h5-8,15H,1-4,9-14,16H2,(H2,26,27,28,29,32). The van der Waals surface area contributed by atoms with Crippen molar-refractivity contribution < 1.29 is 9.13 Å². The van der Waals surface area contributed by atoms with Gasteiger partial charge in [0.25, 0.3) is 0 Å². The summed E-state index contributed by atoms with van der Waals surface area (Å²) in [6, 6.07) is 8.53. The van der Waals surface area contributed by atoms with Crippen LogP contribution < -0.4 is 15.5 Å². The molecule has 2 N–H and O–H groups in total. The molecule has 1 aromatic carbocycles. The Morgan fingerprint density at radius 2 is 1.78 bits per heavy atom. The molecule has 2 aromatic rings. The maximum Gasteiger partial charge on any atom is 0.232 e. The Balaban J connectivity index is 1.43. The van der Waals surface area contributed by atoms with Crippen molar-refractivity contribution in [1.82, 2.24) is 15.3 Å². The van der Waals surface area contributed by atoms with Crippen molar-refractivity contribution >= 4 is 40.7 Å². The number of benzene rings is 1. The predicted octanol–water partition coefficient (Wildman–Crippen LogP) is 4.68. The summed E-state index contributed by atoms with van der Waals surface area (Å²) in [6.07, 6.45) is 6.46. The molecule has 2 fully saturated rings. The summed E-state index contributed by atoms with van der Waals surface area (Å²) >= 11 is 11.8. The van der Waals surface area contributed by atoms with E-state index >= 15 is 0 Å². The van der Waals surface area contributed by atoms with Gasteiger partial charge >= 0.3 is 0 Å². The largest absolute Gasteiger partial charge is 0.381 e. The highest BCUT2D eigenvalue weighted by Gasteiger charge is 2.34. The molecule has 1 aromatic heterocycles. The minimum absolute atomic E-state index is 0.176. The predicted molar refractivity (Wildman–Crippen MR) is 130 cm³/mol. The number of ether oxygens (including phenoxy) is 1. The smallest absolute Gasteiger partial charge is 0.232 e. The third kappa shape index (κ3) is 5.85. The van der Waals surface area contributed by atoms with Crippen LogP contribution in [-0.2, 0) is 10.2 Å². The summed E-state index contributed by atoms with van der Waals surface area (Å²) < 4.78 is 19.0. The number of nitrogens with one attached hydrogen (secondary N) is 2. The SMILES string of the molecule is Fc1ccc(C2(CNC(=S)Nc3nc(Cl)cc(N4CCCCCC4)n3)CCOCC2)cc1. The van der Waals surface area contributed by atoms with Crippen LogP contribution in [0, 0.1) is 5.82 Å². The van der Waals surface area contributed by atoms with E-state index in [2.05, 4.69) is 25.5 Å². The van der Waals surface area contributed by atoms with Crippen LogP contribution in [-0.4, -0.2) is 47.9 Å². The second kappa shape index (κ2) is 10.7. The third-order valence-electron chi connectivity index (χ3n) is 6.33. The average Bonchev–Trinajstić information content (AvgIpc) is 3.08. The van der Waals surface area contributed by atoms with E-state index in [0.29, 0.717) is 36.0 Å². The average molecular weight is 478 g/mol. The first-order valence-electron chi connectivity index (χ1n) is 11.2. The Kier molecular flexibility index (Phi) is 7.75. The van der Waals surface area contributed by atoms with Gasteiger partial charge in [0.1, 0.15) is 16.8 Å². The first-order chi connectivity index (χ1) is 15.5. The van der Waals surface area contributed by atoms with Gasteiger partial charge in [0.2, 0.25) is 5.95 Å². The minimum Gasteiger partial charge on any atom is -0.381 e. The molecule has 9 heteroatoms. The molecular weight excluding hydrogens is 449 g/mol. The van der Waals surface area contributed by atoms with Crippen LogP contribution in [0.25, 0.3) is 0 Å². The summed E-state index contributed by atoms with van der Waals surface area (Å²) in [5, 5.41) is 7.23. The maximum atomic E-state index is 13.5. The molecule has 2 aliphatic rings. The molecule has 6 nitrogen and oxygen atoms in total. The van der Waals surface area contributed by atoms with E-state index in [9.17, 15) is 4.39 Å². The zero-order valence-corrected chi connectivity index (χ0v) is 19.7. The molecule has 0 bridgehead atoms. The topological polar surface area (TPSA) is 62.3 Å². The lowest BCUT2D eigenvalue weighted by Gasteiger charge is -2.38. The van der Waals surface area contributed by atoms with Crippen molar-refractivity contribution in [2.24, 2.45) is 0 Å². The van der Waals surface area contributed by atoms with Crippen molar-refractivity contribution in [3.8, 4) is 0 Å². The van der Waals surface area contributed by atoms with Gasteiger partial charge in [0.05, 0.1) is 0 Å². The summed E-state index contributed by atoms with van der Waals surface area (Å²) in [5.41, 5.74) is 0.907. The number of rotatable bonds is 5. The molecule has 0 atom stereocenters. The quantitative estimate of drug-likeness (QED) is 0.478. The minimum atomic E-state index is -0.237. The lowest BCUT2D eigenvalue weighted by molar-refractivity contribution is 0.0515. The molecule has 0 aliphatic carbocycles. The Morgan fingerprint density at radius 3 is 2.47 bits per heavy atom. The number of halogens is 2. The summed E-state index contributed by atoms with van der Waals surface area (Å²) in [6.45, 7) is 3.87. The molecule has 0 saturated carbocycles. The van der Waals surface area contributed by atoms with Gasteiger partial charge in [-0.3, -0.25) is 0 Å². The van der Waals surface area contributed by atoms with Crippen LogP contribution in [0.15, 0.2) is 30.3 Å². The van der Waals surface area contributed by atoms with E-state index < -0.39 is 0 Å². The summed E-state index contributed by atoms with van der Waals surface area (Å²) in [5.74, 6) is 0.973. The molecule has 32 heavy (non-hydrogen) atoms. The van der Waals surface area contributed by atoms with Gasteiger partial charge in [0.15, 0.2) is 5.11 Å². The molecule has 4 rings (SSSR count). The highest BCUT2D eigenvalue weighted by molar-refractivity contribution is 7.80. The van der Waals surface area contributed by atoms with E-state index in [1.54, 1.807) is 6.07 Å². The number of thiocarbonyl (C=S) groups is 1. The van der Waals surface area contributed by atoms with E-state index in [-0.39, 0.29) is 11.2 Å². The first kappa shape index (κ1) is 23.1. The van der Waals surface area contributed by atoms with Crippen molar-refractivity contribution in [2.45, 2.75) is 43.9 Å². The molecule has 0 spiro atoms. The van der Waals surface area contributed by atoms with Crippen LogP contribution in [0.4, 0.5) is 16.2 Å². The maximum absolute atomic E-state index is 13.5. The molecule has 2 aliphatic heterocycles. The molecule has 0 unspecified atom stereocenters. The Morgan fingerprint density at radius 1 is 1.09 bits per heavy atom. The normalized spacial score (nSPS) is 18.6. The van der Waals surface area contributed by atoms with Crippen LogP contribution in [0.2, 0.25) is 5.15 Å². The first-order valence-corrected chi connectivity index (χ1v) is 12.0. The fourth-order valence-corrected chi connectivity index (χ4v) is 4.79. The van der Waals surface area contributed by atoms with Crippen LogP contribution in [0.1, 0.15) is 44.1 Å². The fourth-order valence-electron chi connectivity index (χ4n) is 4.45. The number of nitrogens with zero attached hydrogens (tertiary/aromatic N) is 3. The molecule has 0 amide bonds. The second-order valence-corrected chi connectivity index (χ2v) is 9.28. The number of anilines is 2. The van der Waals surface area contributed by atoms with Crippen molar-refractivity contribution in [2.75, 3.05) is 43.1 Å². The summed E-state index contributed by atoms with van der Waals surface area (Å²) in [4.78, 5) is 11.2. The molecule has 0 radical (unpaired) electrons. The molecule has 3 heterocycles. The third-order valence-corrected chi connectivity index (χ3v) is 6.77. The second-order valence-electron chi connectivity index (χ2n) is 8.48. The van der Waals surface area contributed by atoms with E-state index in [0.717, 1.165) is 50.2 Å². The van der Waals surface area contributed by atoms with Gasteiger partial charge in [0, 0.05) is 44.3 Å². The highest BCUT2D eigenvalue weighted by atomic mass is 35.5. The highest BCUT2D eigenvalue weighted by Crippen LogP contribution is 2.34. The van der Waals surface area contributed by atoms with Gasteiger partial charge in [-0.05, 0) is 55.6 Å². The lowest BCUT2D eigenvalue weighted by Crippen LogP contribution is -2.45. The van der Waals surface area contributed by atoms with E-state index in [4.69, 9.17) is 28.6 Å². The monoisotopic (exact) mass is 477 g/mol. The Hall–Kier alpha value is -2.03. The van der Waals surface area contributed by atoms with Gasteiger partial charge in [-0.15, -0.1) is 0 Å². The van der Waals surface area contributed by atoms with Crippen LogP contribution in [0.3, 0.4) is 0 Å². The molecule has 172 valence electrons. The van der Waals surface area contributed by atoms with Crippen molar-refractivity contribution in [1.29, 1.82) is 0 Å². The zero-order valence-electron chi connectivity index (χ0n) is 18.1.